The van der Waals surface area contributed by atoms with Crippen LogP contribution in [0.2, 0.25) is 0 Å². The van der Waals surface area contributed by atoms with Crippen LogP contribution in [0.5, 0.6) is 0 Å². The molecule has 1 heterocycles. The molecule has 0 spiro atoms. The highest BCUT2D eigenvalue weighted by molar-refractivity contribution is 5.66. The third-order valence-corrected chi connectivity index (χ3v) is 2.59. The molecule has 2 rings (SSSR count). The van der Waals surface area contributed by atoms with Crippen LogP contribution < -0.4 is 0 Å². The number of rotatable bonds is 3. The van der Waals surface area contributed by atoms with Crippen LogP contribution in [0, 0.1) is 6.92 Å². The van der Waals surface area contributed by atoms with Crippen molar-refractivity contribution in [1.82, 2.24) is 5.16 Å². The van der Waals surface area contributed by atoms with Gasteiger partial charge in [0.2, 0.25) is 0 Å². The number of ether oxygens (including phenoxy) is 1. The van der Waals surface area contributed by atoms with Crippen molar-refractivity contribution < 1.29 is 14.1 Å². The number of hydrogen-bond donors (Lipinski definition) is 0. The maximum absolute atomic E-state index is 10.9. The van der Waals surface area contributed by atoms with E-state index in [1.54, 1.807) is 13.0 Å². The van der Waals surface area contributed by atoms with Gasteiger partial charge in [-0.3, -0.25) is 4.79 Å². The third kappa shape index (κ3) is 2.77. The summed E-state index contributed by atoms with van der Waals surface area (Å²) in [5, 5.41) is 3.92. The highest BCUT2D eigenvalue weighted by Crippen LogP contribution is 2.25. The summed E-state index contributed by atoms with van der Waals surface area (Å²) in [5.41, 5.74) is 2.73. The lowest BCUT2D eigenvalue weighted by atomic mass is 10.1. The van der Waals surface area contributed by atoms with E-state index < -0.39 is 6.10 Å². The number of aromatic nitrogens is 1. The Labute approximate surface area is 106 Å². The molecule has 0 amide bonds. The Hall–Kier alpha value is -2.10. The summed E-state index contributed by atoms with van der Waals surface area (Å²) in [6.45, 7) is 5.15. The van der Waals surface area contributed by atoms with Gasteiger partial charge in [-0.1, -0.05) is 28.9 Å². The standard InChI is InChI=1S/C14H15NO3/c1-9-5-4-6-12(7-9)14-8-13(15-18-14)10(2)17-11(3)16/h4-8,10H,1-3H3/t10-/m1/s1. The van der Waals surface area contributed by atoms with E-state index in [1.807, 2.05) is 31.2 Å². The minimum Gasteiger partial charge on any atom is -0.456 e. The van der Waals surface area contributed by atoms with Gasteiger partial charge in [0, 0.05) is 18.6 Å². The van der Waals surface area contributed by atoms with Crippen molar-refractivity contribution >= 4 is 5.97 Å². The second-order valence-electron chi connectivity index (χ2n) is 4.24. The molecule has 4 heteroatoms. The predicted octanol–water partition coefficient (Wildman–Crippen LogP) is 3.27. The van der Waals surface area contributed by atoms with E-state index in [1.165, 1.54) is 6.92 Å². The molecule has 0 unspecified atom stereocenters. The molecule has 0 bridgehead atoms. The second-order valence-corrected chi connectivity index (χ2v) is 4.24. The van der Waals surface area contributed by atoms with Gasteiger partial charge < -0.3 is 9.26 Å². The maximum atomic E-state index is 10.9. The Morgan fingerprint density at radius 3 is 2.83 bits per heavy atom. The summed E-state index contributed by atoms with van der Waals surface area (Å²) >= 11 is 0. The van der Waals surface area contributed by atoms with Crippen molar-refractivity contribution in [1.29, 1.82) is 0 Å². The molecule has 0 fully saturated rings. The molecule has 0 radical (unpaired) electrons. The van der Waals surface area contributed by atoms with E-state index in [9.17, 15) is 4.79 Å². The van der Waals surface area contributed by atoms with Gasteiger partial charge in [0.05, 0.1) is 0 Å². The second kappa shape index (κ2) is 5.04. The largest absolute Gasteiger partial charge is 0.456 e. The van der Waals surface area contributed by atoms with Gasteiger partial charge in [0.15, 0.2) is 5.76 Å². The molecule has 0 aliphatic carbocycles. The fourth-order valence-corrected chi connectivity index (χ4v) is 1.72. The van der Waals surface area contributed by atoms with E-state index in [0.717, 1.165) is 11.1 Å². The van der Waals surface area contributed by atoms with Gasteiger partial charge >= 0.3 is 5.97 Å². The Bertz CT molecular complexity index is 560. The molecule has 1 atom stereocenters. The summed E-state index contributed by atoms with van der Waals surface area (Å²) in [4.78, 5) is 10.9. The Morgan fingerprint density at radius 2 is 2.17 bits per heavy atom. The molecular weight excluding hydrogens is 230 g/mol. The van der Waals surface area contributed by atoms with Crippen LogP contribution in [-0.2, 0) is 9.53 Å². The highest BCUT2D eigenvalue weighted by Gasteiger charge is 2.15. The van der Waals surface area contributed by atoms with Crippen LogP contribution in [-0.4, -0.2) is 11.1 Å². The summed E-state index contributed by atoms with van der Waals surface area (Å²) in [6, 6.07) is 9.74. The highest BCUT2D eigenvalue weighted by atomic mass is 16.5. The topological polar surface area (TPSA) is 52.3 Å². The van der Waals surface area contributed by atoms with Crippen molar-refractivity contribution in [2.45, 2.75) is 26.9 Å². The number of aryl methyl sites for hydroxylation is 1. The first-order valence-corrected chi connectivity index (χ1v) is 5.77. The van der Waals surface area contributed by atoms with Crippen LogP contribution in [0.25, 0.3) is 11.3 Å². The summed E-state index contributed by atoms with van der Waals surface area (Å²) < 4.78 is 10.3. The molecule has 0 aliphatic heterocycles. The smallest absolute Gasteiger partial charge is 0.303 e. The minimum atomic E-state index is -0.398. The monoisotopic (exact) mass is 245 g/mol. The zero-order valence-corrected chi connectivity index (χ0v) is 10.6. The quantitative estimate of drug-likeness (QED) is 0.779. The molecular formula is C14H15NO3. The lowest BCUT2D eigenvalue weighted by molar-refractivity contribution is -0.146. The molecule has 0 N–H and O–H groups in total. The number of carbonyl (C=O) groups excluding carboxylic acids is 1. The van der Waals surface area contributed by atoms with Crippen molar-refractivity contribution in [3.8, 4) is 11.3 Å². The van der Waals surface area contributed by atoms with Crippen LogP contribution in [0.15, 0.2) is 34.9 Å². The maximum Gasteiger partial charge on any atom is 0.303 e. The van der Waals surface area contributed by atoms with Gasteiger partial charge in [-0.15, -0.1) is 0 Å². The van der Waals surface area contributed by atoms with E-state index in [0.29, 0.717) is 11.5 Å². The molecule has 1 aromatic carbocycles. The van der Waals surface area contributed by atoms with Gasteiger partial charge in [-0.05, 0) is 19.9 Å². The average molecular weight is 245 g/mol. The normalized spacial score (nSPS) is 12.2. The van der Waals surface area contributed by atoms with Gasteiger partial charge in [-0.2, -0.15) is 0 Å². The molecule has 0 aliphatic rings. The first-order valence-electron chi connectivity index (χ1n) is 5.77. The van der Waals surface area contributed by atoms with Gasteiger partial charge in [0.1, 0.15) is 11.8 Å². The lowest BCUT2D eigenvalue weighted by Crippen LogP contribution is -2.04. The Morgan fingerprint density at radius 1 is 1.39 bits per heavy atom. The molecule has 2 aromatic rings. The fourth-order valence-electron chi connectivity index (χ4n) is 1.72. The lowest BCUT2D eigenvalue weighted by Gasteiger charge is -2.06. The van der Waals surface area contributed by atoms with Crippen molar-refractivity contribution in [2.75, 3.05) is 0 Å². The van der Waals surface area contributed by atoms with Crippen LogP contribution in [0.3, 0.4) is 0 Å². The molecule has 18 heavy (non-hydrogen) atoms. The van der Waals surface area contributed by atoms with Crippen molar-refractivity contribution in [2.24, 2.45) is 0 Å². The average Bonchev–Trinajstić information content (AvgIpc) is 2.77. The number of hydrogen-bond acceptors (Lipinski definition) is 4. The molecule has 4 nitrogen and oxygen atoms in total. The van der Waals surface area contributed by atoms with Gasteiger partial charge in [0.25, 0.3) is 0 Å². The molecule has 0 saturated heterocycles. The fraction of sp³-hybridized carbons (Fsp3) is 0.286. The van der Waals surface area contributed by atoms with Crippen LogP contribution in [0.4, 0.5) is 0 Å². The third-order valence-electron chi connectivity index (χ3n) is 2.59. The summed E-state index contributed by atoms with van der Waals surface area (Å²) in [6.07, 6.45) is -0.398. The van der Waals surface area contributed by atoms with E-state index in [-0.39, 0.29) is 5.97 Å². The SMILES string of the molecule is CC(=O)O[C@H](C)c1cc(-c2cccc(C)c2)on1. The number of carbonyl (C=O) groups is 1. The van der Waals surface area contributed by atoms with E-state index in [4.69, 9.17) is 9.26 Å². The minimum absolute atomic E-state index is 0.331. The summed E-state index contributed by atoms with van der Waals surface area (Å²) in [5.74, 6) is 0.343. The van der Waals surface area contributed by atoms with Crippen LogP contribution >= 0.6 is 0 Å². The zero-order valence-electron chi connectivity index (χ0n) is 10.6. The molecule has 94 valence electrons. The van der Waals surface area contributed by atoms with Crippen molar-refractivity contribution in [3.63, 3.8) is 0 Å². The van der Waals surface area contributed by atoms with E-state index in [2.05, 4.69) is 5.16 Å². The first-order chi connectivity index (χ1) is 8.56. The number of esters is 1. The predicted molar refractivity (Wildman–Crippen MR) is 66.9 cm³/mol. The molecule has 1 aromatic heterocycles. The van der Waals surface area contributed by atoms with Crippen LogP contribution in [0.1, 0.15) is 31.2 Å². The zero-order chi connectivity index (χ0) is 13.1. The number of benzene rings is 1. The summed E-state index contributed by atoms with van der Waals surface area (Å²) in [7, 11) is 0. The van der Waals surface area contributed by atoms with Crippen molar-refractivity contribution in [3.05, 3.63) is 41.6 Å². The Kier molecular flexibility index (Phi) is 3.46. The van der Waals surface area contributed by atoms with E-state index >= 15 is 0 Å². The Balaban J connectivity index is 2.22. The molecule has 0 saturated carbocycles. The first kappa shape index (κ1) is 12.4. The number of nitrogens with zero attached hydrogens (tertiary/aromatic N) is 1. The van der Waals surface area contributed by atoms with Gasteiger partial charge in [-0.25, -0.2) is 0 Å².